The number of carbonyl (C=O) groups is 1. The molecule has 0 aliphatic carbocycles. The zero-order chi connectivity index (χ0) is 15.6. The number of non-ortho nitro benzene ring substituents is 1. The number of nitrogens with zero attached hydrogens (tertiary/aromatic N) is 4. The predicted molar refractivity (Wildman–Crippen MR) is 73.5 cm³/mol. The molecular formula is C13H14N4O4. The molecule has 0 saturated heterocycles. The summed E-state index contributed by atoms with van der Waals surface area (Å²) in [6.07, 6.45) is 1.45. The lowest BCUT2D eigenvalue weighted by molar-refractivity contribution is -0.384. The van der Waals surface area contributed by atoms with Gasteiger partial charge in [-0.2, -0.15) is 5.10 Å². The Balaban J connectivity index is 2.20. The zero-order valence-corrected chi connectivity index (χ0v) is 11.6. The topological polar surface area (TPSA) is 111 Å². The van der Waals surface area contributed by atoms with Gasteiger partial charge in [0.05, 0.1) is 16.9 Å². The van der Waals surface area contributed by atoms with E-state index < -0.39 is 16.3 Å². The van der Waals surface area contributed by atoms with E-state index in [1.807, 2.05) is 0 Å². The first-order valence-corrected chi connectivity index (χ1v) is 6.17. The van der Waals surface area contributed by atoms with E-state index >= 15 is 0 Å². The van der Waals surface area contributed by atoms with E-state index in [-0.39, 0.29) is 12.2 Å². The number of carboxylic acid groups (broad SMARTS) is 1. The number of rotatable bonds is 5. The lowest BCUT2D eigenvalue weighted by Gasteiger charge is -2.18. The Hall–Kier alpha value is -2.77. The van der Waals surface area contributed by atoms with E-state index in [9.17, 15) is 14.9 Å². The van der Waals surface area contributed by atoms with E-state index in [1.165, 1.54) is 23.1 Å². The van der Waals surface area contributed by atoms with Gasteiger partial charge in [-0.15, -0.1) is 0 Å². The molecule has 0 aliphatic rings. The number of benzene rings is 1. The van der Waals surface area contributed by atoms with Gasteiger partial charge in [-0.25, -0.2) is 4.98 Å². The molecule has 0 aliphatic heterocycles. The van der Waals surface area contributed by atoms with Crippen molar-refractivity contribution in [3.63, 3.8) is 0 Å². The van der Waals surface area contributed by atoms with E-state index in [0.717, 1.165) is 0 Å². The van der Waals surface area contributed by atoms with Gasteiger partial charge in [-0.1, -0.05) is 0 Å². The smallest absolute Gasteiger partial charge is 0.310 e. The molecule has 2 rings (SSSR count). The highest BCUT2D eigenvalue weighted by molar-refractivity contribution is 5.73. The number of hydrogen-bond donors (Lipinski definition) is 1. The first kappa shape index (κ1) is 14.6. The summed E-state index contributed by atoms with van der Waals surface area (Å²) in [4.78, 5) is 25.3. The van der Waals surface area contributed by atoms with E-state index in [4.69, 9.17) is 5.11 Å². The fourth-order valence-corrected chi connectivity index (χ4v) is 1.71. The molecule has 21 heavy (non-hydrogen) atoms. The zero-order valence-electron chi connectivity index (χ0n) is 11.6. The fourth-order valence-electron chi connectivity index (χ4n) is 1.71. The third kappa shape index (κ3) is 3.22. The van der Waals surface area contributed by atoms with Crippen molar-refractivity contribution < 1.29 is 14.8 Å². The van der Waals surface area contributed by atoms with Crippen LogP contribution in [-0.2, 0) is 11.3 Å². The van der Waals surface area contributed by atoms with E-state index in [1.54, 1.807) is 26.0 Å². The molecule has 0 bridgehead atoms. The quantitative estimate of drug-likeness (QED) is 0.665. The van der Waals surface area contributed by atoms with Gasteiger partial charge in [0, 0.05) is 17.7 Å². The lowest BCUT2D eigenvalue weighted by Crippen LogP contribution is -2.29. The average Bonchev–Trinajstić information content (AvgIpc) is 2.86. The van der Waals surface area contributed by atoms with Gasteiger partial charge in [0.1, 0.15) is 6.33 Å². The molecule has 1 aromatic carbocycles. The molecule has 0 radical (unpaired) electrons. The highest BCUT2D eigenvalue weighted by Crippen LogP contribution is 2.21. The molecule has 1 heterocycles. The normalized spacial score (nSPS) is 11.3. The number of hydrogen-bond acceptors (Lipinski definition) is 5. The fraction of sp³-hybridized carbons (Fsp3) is 0.308. The summed E-state index contributed by atoms with van der Waals surface area (Å²) in [6, 6.07) is 5.86. The summed E-state index contributed by atoms with van der Waals surface area (Å²) < 4.78 is 1.45. The van der Waals surface area contributed by atoms with E-state index in [2.05, 4.69) is 10.1 Å². The maximum atomic E-state index is 11.1. The van der Waals surface area contributed by atoms with Crippen LogP contribution in [0.2, 0.25) is 0 Å². The van der Waals surface area contributed by atoms with Gasteiger partial charge >= 0.3 is 5.97 Å². The Bertz CT molecular complexity index is 676. The molecular weight excluding hydrogens is 276 g/mol. The van der Waals surface area contributed by atoms with Crippen molar-refractivity contribution in [2.75, 3.05) is 0 Å². The second kappa shape index (κ2) is 5.31. The third-order valence-electron chi connectivity index (χ3n) is 3.01. The van der Waals surface area contributed by atoms with Crippen LogP contribution in [0.1, 0.15) is 13.8 Å². The highest BCUT2D eigenvalue weighted by Gasteiger charge is 2.28. The molecule has 0 fully saturated rings. The summed E-state index contributed by atoms with van der Waals surface area (Å²) in [5.74, 6) is -0.527. The molecule has 1 aromatic heterocycles. The first-order valence-electron chi connectivity index (χ1n) is 6.17. The second-order valence-electron chi connectivity index (χ2n) is 5.26. The number of nitro groups is 1. The minimum absolute atomic E-state index is 0.00908. The van der Waals surface area contributed by atoms with Crippen LogP contribution < -0.4 is 0 Å². The molecule has 8 heteroatoms. The van der Waals surface area contributed by atoms with E-state index in [0.29, 0.717) is 11.4 Å². The van der Waals surface area contributed by atoms with Crippen molar-refractivity contribution in [1.82, 2.24) is 14.8 Å². The molecule has 8 nitrogen and oxygen atoms in total. The largest absolute Gasteiger partial charge is 0.481 e. The maximum Gasteiger partial charge on any atom is 0.310 e. The SMILES string of the molecule is CC(C)(Cn1cnc(-c2ccc([N+](=O)[O-])cc2)n1)C(=O)O. The Morgan fingerprint density at radius 3 is 2.52 bits per heavy atom. The number of aliphatic carboxylic acids is 1. The second-order valence-corrected chi connectivity index (χ2v) is 5.26. The Kier molecular flexibility index (Phi) is 3.70. The summed E-state index contributed by atoms with van der Waals surface area (Å²) in [7, 11) is 0. The minimum atomic E-state index is -0.958. The van der Waals surface area contributed by atoms with Crippen LogP contribution in [0.4, 0.5) is 5.69 Å². The Labute approximate surface area is 120 Å². The molecule has 0 atom stereocenters. The van der Waals surface area contributed by atoms with Crippen LogP contribution in [-0.4, -0.2) is 30.8 Å². The minimum Gasteiger partial charge on any atom is -0.481 e. The van der Waals surface area contributed by atoms with Crippen LogP contribution in [0.5, 0.6) is 0 Å². The Morgan fingerprint density at radius 2 is 2.00 bits per heavy atom. The molecule has 0 saturated carbocycles. The summed E-state index contributed by atoms with van der Waals surface area (Å²) in [6.45, 7) is 3.38. The number of nitro benzene ring substituents is 1. The van der Waals surface area contributed by atoms with Gasteiger partial charge in [0.15, 0.2) is 5.82 Å². The van der Waals surface area contributed by atoms with Gasteiger partial charge < -0.3 is 5.11 Å². The summed E-state index contributed by atoms with van der Waals surface area (Å²) in [5, 5.41) is 23.9. The van der Waals surface area contributed by atoms with Gasteiger partial charge in [0.2, 0.25) is 0 Å². The van der Waals surface area contributed by atoms with Crippen molar-refractivity contribution in [3.05, 3.63) is 40.7 Å². The van der Waals surface area contributed by atoms with Gasteiger partial charge in [-0.3, -0.25) is 19.6 Å². The molecule has 1 N–H and O–H groups in total. The molecule has 0 spiro atoms. The Morgan fingerprint density at radius 1 is 1.38 bits per heavy atom. The summed E-state index contributed by atoms with van der Waals surface area (Å²) >= 11 is 0. The van der Waals surface area contributed by atoms with Crippen LogP contribution in [0, 0.1) is 15.5 Å². The van der Waals surface area contributed by atoms with Gasteiger partial charge in [-0.05, 0) is 26.0 Å². The van der Waals surface area contributed by atoms with Crippen LogP contribution in [0.15, 0.2) is 30.6 Å². The van der Waals surface area contributed by atoms with Crippen LogP contribution in [0.25, 0.3) is 11.4 Å². The lowest BCUT2D eigenvalue weighted by atomic mass is 9.94. The molecule has 110 valence electrons. The maximum absolute atomic E-state index is 11.1. The van der Waals surface area contributed by atoms with Crippen LogP contribution in [0.3, 0.4) is 0 Å². The van der Waals surface area contributed by atoms with Crippen molar-refractivity contribution >= 4 is 11.7 Å². The standard InChI is InChI=1S/C13H14N4O4/c1-13(2,12(18)19)7-16-8-14-11(15-16)9-3-5-10(6-4-9)17(20)21/h3-6,8H,7H2,1-2H3,(H,18,19). The first-order chi connectivity index (χ1) is 9.79. The monoisotopic (exact) mass is 290 g/mol. The van der Waals surface area contributed by atoms with Crippen molar-refractivity contribution in [2.24, 2.45) is 5.41 Å². The predicted octanol–water partition coefficient (Wildman–Crippen LogP) is 1.96. The number of carboxylic acids is 1. The van der Waals surface area contributed by atoms with Crippen molar-refractivity contribution in [2.45, 2.75) is 20.4 Å². The van der Waals surface area contributed by atoms with Crippen molar-refractivity contribution in [3.8, 4) is 11.4 Å². The number of aromatic nitrogens is 3. The molecule has 0 amide bonds. The van der Waals surface area contributed by atoms with Crippen LogP contribution >= 0.6 is 0 Å². The van der Waals surface area contributed by atoms with Crippen molar-refractivity contribution in [1.29, 1.82) is 0 Å². The third-order valence-corrected chi connectivity index (χ3v) is 3.01. The highest BCUT2D eigenvalue weighted by atomic mass is 16.6. The summed E-state index contributed by atoms with van der Waals surface area (Å²) in [5.41, 5.74) is -0.335. The van der Waals surface area contributed by atoms with Gasteiger partial charge in [0.25, 0.3) is 5.69 Å². The molecule has 0 unspecified atom stereocenters. The molecule has 2 aromatic rings. The average molecular weight is 290 g/mol.